The molecule has 2 N–H and O–H groups in total. The number of nitrogens with two attached hydrogens (primary N) is 1. The van der Waals surface area contributed by atoms with Gasteiger partial charge in [-0.3, -0.25) is 4.79 Å². The molecule has 0 bridgehead atoms. The molecule has 3 rings (SSSR count). The van der Waals surface area contributed by atoms with Gasteiger partial charge in [-0.25, -0.2) is 0 Å². The van der Waals surface area contributed by atoms with E-state index in [0.29, 0.717) is 5.02 Å². The van der Waals surface area contributed by atoms with Crippen LogP contribution in [0.5, 0.6) is 0 Å². The molecule has 0 aromatic heterocycles. The molecule has 2 aromatic carbocycles. The van der Waals surface area contributed by atoms with E-state index in [-0.39, 0.29) is 11.9 Å². The Kier molecular flexibility index (Phi) is 3.47. The van der Waals surface area contributed by atoms with Crippen LogP contribution in [0.3, 0.4) is 0 Å². The first-order valence-corrected chi connectivity index (χ1v) is 7.28. The van der Waals surface area contributed by atoms with E-state index in [2.05, 4.69) is 6.92 Å². The van der Waals surface area contributed by atoms with Gasteiger partial charge in [-0.1, -0.05) is 29.8 Å². The summed E-state index contributed by atoms with van der Waals surface area (Å²) < 4.78 is 0. The van der Waals surface area contributed by atoms with Crippen LogP contribution in [0.4, 0.5) is 5.69 Å². The Labute approximate surface area is 129 Å². The molecule has 2 aromatic rings. The molecule has 0 saturated carbocycles. The van der Waals surface area contributed by atoms with E-state index in [1.54, 1.807) is 4.90 Å². The molecular weight excluding hydrogens is 284 g/mol. The Morgan fingerprint density at radius 3 is 2.33 bits per heavy atom. The fourth-order valence-corrected chi connectivity index (χ4v) is 2.82. The molecule has 4 heteroatoms. The number of halogens is 1. The van der Waals surface area contributed by atoms with Crippen LogP contribution in [0.15, 0.2) is 42.5 Å². The summed E-state index contributed by atoms with van der Waals surface area (Å²) >= 11 is 5.92. The number of amides is 1. The number of nitrogens with zero attached hydrogens (tertiary/aromatic N) is 1. The average Bonchev–Trinajstić information content (AvgIpc) is 2.48. The predicted molar refractivity (Wildman–Crippen MR) is 85.6 cm³/mol. The second-order valence-electron chi connectivity index (χ2n) is 5.50. The van der Waals surface area contributed by atoms with Crippen molar-refractivity contribution in [1.82, 2.24) is 0 Å². The zero-order valence-corrected chi connectivity index (χ0v) is 12.8. The highest BCUT2D eigenvalue weighted by Crippen LogP contribution is 2.38. The van der Waals surface area contributed by atoms with Crippen LogP contribution >= 0.6 is 11.6 Å². The highest BCUT2D eigenvalue weighted by atomic mass is 35.5. The van der Waals surface area contributed by atoms with E-state index in [1.807, 2.05) is 49.4 Å². The molecular formula is C17H17ClN2O. The lowest BCUT2D eigenvalue weighted by Gasteiger charge is -2.45. The van der Waals surface area contributed by atoms with Gasteiger partial charge in [-0.2, -0.15) is 0 Å². The van der Waals surface area contributed by atoms with Gasteiger partial charge in [0.2, 0.25) is 5.91 Å². The SMILES string of the molecule is Cc1ccc(N2C(=O)[C@@H](N)[C@H]2c2ccc(Cl)cc2)cc1C. The number of hydrogen-bond acceptors (Lipinski definition) is 2. The molecule has 1 heterocycles. The summed E-state index contributed by atoms with van der Waals surface area (Å²) in [5, 5.41) is 0.677. The molecule has 1 fully saturated rings. The molecule has 108 valence electrons. The highest BCUT2D eigenvalue weighted by Gasteiger charge is 2.46. The molecule has 0 spiro atoms. The molecule has 2 atom stereocenters. The van der Waals surface area contributed by atoms with Crippen LogP contribution in [0.25, 0.3) is 0 Å². The molecule has 21 heavy (non-hydrogen) atoms. The standard InChI is InChI=1S/C17H17ClN2O/c1-10-3-8-14(9-11(10)2)20-16(15(19)17(20)21)12-4-6-13(18)7-5-12/h3-9,15-16H,19H2,1-2H3/t15-,16+/m0/s1. The van der Waals surface area contributed by atoms with Gasteiger partial charge in [0.1, 0.15) is 6.04 Å². The first kappa shape index (κ1) is 14.1. The van der Waals surface area contributed by atoms with Crippen molar-refractivity contribution in [3.63, 3.8) is 0 Å². The van der Waals surface area contributed by atoms with Crippen molar-refractivity contribution in [1.29, 1.82) is 0 Å². The molecule has 1 amide bonds. The van der Waals surface area contributed by atoms with E-state index in [9.17, 15) is 4.79 Å². The first-order chi connectivity index (χ1) is 9.99. The van der Waals surface area contributed by atoms with Crippen LogP contribution in [-0.4, -0.2) is 11.9 Å². The fraction of sp³-hybridized carbons (Fsp3) is 0.235. The fourth-order valence-electron chi connectivity index (χ4n) is 2.69. The van der Waals surface area contributed by atoms with Gasteiger partial charge in [0.05, 0.1) is 6.04 Å². The number of aryl methyl sites for hydroxylation is 2. The molecule has 0 unspecified atom stereocenters. The van der Waals surface area contributed by atoms with Gasteiger partial charge in [0, 0.05) is 10.7 Å². The molecule has 3 nitrogen and oxygen atoms in total. The lowest BCUT2D eigenvalue weighted by molar-refractivity contribution is -0.126. The minimum Gasteiger partial charge on any atom is -0.318 e. The monoisotopic (exact) mass is 300 g/mol. The van der Waals surface area contributed by atoms with E-state index in [4.69, 9.17) is 17.3 Å². The lowest BCUT2D eigenvalue weighted by atomic mass is 9.88. The smallest absolute Gasteiger partial charge is 0.247 e. The van der Waals surface area contributed by atoms with Gasteiger partial charge in [-0.05, 0) is 54.8 Å². The highest BCUT2D eigenvalue weighted by molar-refractivity contribution is 6.30. The molecule has 0 aliphatic carbocycles. The lowest BCUT2D eigenvalue weighted by Crippen LogP contribution is -2.63. The molecule has 1 aliphatic heterocycles. The maximum atomic E-state index is 12.2. The summed E-state index contributed by atoms with van der Waals surface area (Å²) in [5.41, 5.74) is 10.3. The van der Waals surface area contributed by atoms with Gasteiger partial charge < -0.3 is 10.6 Å². The molecule has 1 saturated heterocycles. The predicted octanol–water partition coefficient (Wildman–Crippen LogP) is 3.37. The molecule has 1 aliphatic rings. The normalized spacial score (nSPS) is 21.3. The van der Waals surface area contributed by atoms with Crippen molar-refractivity contribution in [2.45, 2.75) is 25.9 Å². The number of rotatable bonds is 2. The van der Waals surface area contributed by atoms with E-state index < -0.39 is 6.04 Å². The third-order valence-electron chi connectivity index (χ3n) is 4.12. The van der Waals surface area contributed by atoms with Crippen molar-refractivity contribution in [2.24, 2.45) is 5.73 Å². The Morgan fingerprint density at radius 1 is 1.05 bits per heavy atom. The summed E-state index contributed by atoms with van der Waals surface area (Å²) in [4.78, 5) is 13.9. The third kappa shape index (κ3) is 2.33. The second-order valence-corrected chi connectivity index (χ2v) is 5.94. The number of carbonyl (C=O) groups is 1. The Balaban J connectivity index is 1.98. The largest absolute Gasteiger partial charge is 0.318 e. The van der Waals surface area contributed by atoms with Gasteiger partial charge >= 0.3 is 0 Å². The number of hydrogen-bond donors (Lipinski definition) is 1. The van der Waals surface area contributed by atoms with Crippen LogP contribution in [-0.2, 0) is 4.79 Å². The van der Waals surface area contributed by atoms with Gasteiger partial charge in [-0.15, -0.1) is 0 Å². The van der Waals surface area contributed by atoms with Crippen LogP contribution < -0.4 is 10.6 Å². The summed E-state index contributed by atoms with van der Waals surface area (Å²) in [6.45, 7) is 4.10. The topological polar surface area (TPSA) is 46.3 Å². The van der Waals surface area contributed by atoms with Crippen molar-refractivity contribution < 1.29 is 4.79 Å². The Hall–Kier alpha value is -1.84. The summed E-state index contributed by atoms with van der Waals surface area (Å²) in [5.74, 6) is -0.0433. The number of carbonyl (C=O) groups excluding carboxylic acids is 1. The van der Waals surface area contributed by atoms with Crippen LogP contribution in [0, 0.1) is 13.8 Å². The van der Waals surface area contributed by atoms with Gasteiger partial charge in [0.25, 0.3) is 0 Å². The Bertz CT molecular complexity index is 696. The van der Waals surface area contributed by atoms with Crippen LogP contribution in [0.2, 0.25) is 5.02 Å². The summed E-state index contributed by atoms with van der Waals surface area (Å²) in [7, 11) is 0. The summed E-state index contributed by atoms with van der Waals surface area (Å²) in [6.07, 6.45) is 0. The number of anilines is 1. The average molecular weight is 301 g/mol. The van der Waals surface area contributed by atoms with Crippen molar-refractivity contribution in [3.8, 4) is 0 Å². The van der Waals surface area contributed by atoms with Crippen LogP contribution in [0.1, 0.15) is 22.7 Å². The quantitative estimate of drug-likeness (QED) is 0.864. The maximum absolute atomic E-state index is 12.2. The van der Waals surface area contributed by atoms with E-state index in [1.165, 1.54) is 5.56 Å². The minimum atomic E-state index is -0.493. The van der Waals surface area contributed by atoms with Gasteiger partial charge in [0.15, 0.2) is 0 Å². The second kappa shape index (κ2) is 5.17. The van der Waals surface area contributed by atoms with Crippen molar-refractivity contribution in [3.05, 3.63) is 64.2 Å². The molecule has 0 radical (unpaired) electrons. The minimum absolute atomic E-state index is 0.0433. The zero-order valence-electron chi connectivity index (χ0n) is 12.0. The first-order valence-electron chi connectivity index (χ1n) is 6.90. The number of β-lactam (4-membered cyclic amide) rings is 1. The van der Waals surface area contributed by atoms with Crippen molar-refractivity contribution in [2.75, 3.05) is 4.90 Å². The van der Waals surface area contributed by atoms with E-state index in [0.717, 1.165) is 16.8 Å². The van der Waals surface area contributed by atoms with Crippen molar-refractivity contribution >= 4 is 23.2 Å². The van der Waals surface area contributed by atoms with E-state index >= 15 is 0 Å². The number of benzene rings is 2. The zero-order chi connectivity index (χ0) is 15.1. The summed E-state index contributed by atoms with van der Waals surface area (Å²) in [6, 6.07) is 12.9. The Morgan fingerprint density at radius 2 is 1.71 bits per heavy atom. The third-order valence-corrected chi connectivity index (χ3v) is 4.37. The maximum Gasteiger partial charge on any atom is 0.247 e.